The van der Waals surface area contributed by atoms with Crippen molar-refractivity contribution in [2.75, 3.05) is 6.61 Å². The molecule has 2 saturated carbocycles. The van der Waals surface area contributed by atoms with Crippen molar-refractivity contribution in [3.8, 4) is 0 Å². The lowest BCUT2D eigenvalue weighted by atomic mass is 9.48. The first kappa shape index (κ1) is 13.7. The van der Waals surface area contributed by atoms with Crippen LogP contribution in [0.4, 0.5) is 0 Å². The van der Waals surface area contributed by atoms with Crippen LogP contribution in [0.3, 0.4) is 0 Å². The Bertz CT molecular complexity index is 417. The van der Waals surface area contributed by atoms with Crippen LogP contribution in [0.15, 0.2) is 11.6 Å². The van der Waals surface area contributed by atoms with E-state index >= 15 is 0 Å². The summed E-state index contributed by atoms with van der Waals surface area (Å²) < 4.78 is 0. The summed E-state index contributed by atoms with van der Waals surface area (Å²) in [6.45, 7) is 12.5. The van der Waals surface area contributed by atoms with Crippen LogP contribution in [0, 0.1) is 34.0 Å². The van der Waals surface area contributed by atoms with Crippen molar-refractivity contribution in [1.82, 2.24) is 0 Å². The highest BCUT2D eigenvalue weighted by atomic mass is 16.3. The monoisotopic (exact) mass is 262 g/mol. The van der Waals surface area contributed by atoms with Gasteiger partial charge < -0.3 is 5.11 Å². The summed E-state index contributed by atoms with van der Waals surface area (Å²) in [5.41, 5.74) is 2.94. The van der Waals surface area contributed by atoms with Crippen LogP contribution in [-0.2, 0) is 0 Å². The van der Waals surface area contributed by atoms with Gasteiger partial charge in [-0.3, -0.25) is 0 Å². The van der Waals surface area contributed by atoms with Crippen molar-refractivity contribution < 1.29 is 5.11 Å². The fourth-order valence-electron chi connectivity index (χ4n) is 5.96. The summed E-state index contributed by atoms with van der Waals surface area (Å²) in [5, 5.41) is 9.63. The summed E-state index contributed by atoms with van der Waals surface area (Å²) in [6, 6.07) is 0. The molecule has 0 saturated heterocycles. The number of hydrogen-bond acceptors (Lipinski definition) is 1. The predicted molar refractivity (Wildman–Crippen MR) is 79.8 cm³/mol. The van der Waals surface area contributed by atoms with Crippen molar-refractivity contribution in [3.63, 3.8) is 0 Å². The van der Waals surface area contributed by atoms with Crippen molar-refractivity contribution in [3.05, 3.63) is 11.6 Å². The third-order valence-electron chi connectivity index (χ3n) is 7.27. The molecule has 2 fully saturated rings. The van der Waals surface area contributed by atoms with Gasteiger partial charge in [0.05, 0.1) is 0 Å². The first-order chi connectivity index (χ1) is 8.76. The molecule has 0 aromatic carbocycles. The minimum atomic E-state index is 0.305. The molecule has 1 heteroatoms. The Labute approximate surface area is 118 Å². The quantitative estimate of drug-likeness (QED) is 0.731. The minimum Gasteiger partial charge on any atom is -0.396 e. The highest BCUT2D eigenvalue weighted by Gasteiger charge is 2.68. The fourth-order valence-corrected chi connectivity index (χ4v) is 5.96. The molecular formula is C18H30O. The van der Waals surface area contributed by atoms with Gasteiger partial charge in [0.25, 0.3) is 0 Å². The van der Waals surface area contributed by atoms with E-state index in [2.05, 4.69) is 40.7 Å². The zero-order valence-corrected chi connectivity index (χ0v) is 13.3. The van der Waals surface area contributed by atoms with Gasteiger partial charge in [0.1, 0.15) is 0 Å². The topological polar surface area (TPSA) is 20.2 Å². The molecule has 2 unspecified atom stereocenters. The van der Waals surface area contributed by atoms with Gasteiger partial charge in [-0.1, -0.05) is 46.3 Å². The summed E-state index contributed by atoms with van der Waals surface area (Å²) in [4.78, 5) is 0. The highest BCUT2D eigenvalue weighted by Crippen LogP contribution is 2.75. The molecule has 1 nitrogen and oxygen atoms in total. The maximum absolute atomic E-state index is 9.63. The van der Waals surface area contributed by atoms with E-state index < -0.39 is 0 Å². The number of rotatable bonds is 2. The van der Waals surface area contributed by atoms with Gasteiger partial charge in [-0.05, 0) is 53.8 Å². The molecule has 19 heavy (non-hydrogen) atoms. The van der Waals surface area contributed by atoms with Crippen LogP contribution >= 0.6 is 0 Å². The molecular weight excluding hydrogens is 232 g/mol. The van der Waals surface area contributed by atoms with Crippen LogP contribution in [-0.4, -0.2) is 11.7 Å². The highest BCUT2D eigenvalue weighted by molar-refractivity contribution is 5.31. The van der Waals surface area contributed by atoms with Gasteiger partial charge in [-0.2, -0.15) is 0 Å². The molecule has 3 aliphatic carbocycles. The van der Waals surface area contributed by atoms with E-state index in [-0.39, 0.29) is 0 Å². The molecule has 3 rings (SSSR count). The third kappa shape index (κ3) is 1.51. The Morgan fingerprint density at radius 2 is 2.00 bits per heavy atom. The lowest BCUT2D eigenvalue weighted by molar-refractivity contribution is -0.0220. The molecule has 0 heterocycles. The van der Waals surface area contributed by atoms with Crippen LogP contribution in [0.5, 0.6) is 0 Å². The molecule has 0 radical (unpaired) electrons. The van der Waals surface area contributed by atoms with Crippen molar-refractivity contribution >= 4 is 0 Å². The minimum absolute atomic E-state index is 0.305. The Kier molecular flexibility index (Phi) is 2.79. The van der Waals surface area contributed by atoms with Crippen molar-refractivity contribution in [2.24, 2.45) is 34.0 Å². The van der Waals surface area contributed by atoms with Gasteiger partial charge in [-0.15, -0.1) is 0 Å². The number of fused-ring (bicyclic) bond motifs is 1. The third-order valence-corrected chi connectivity index (χ3v) is 7.27. The molecule has 4 atom stereocenters. The van der Waals surface area contributed by atoms with E-state index in [9.17, 15) is 5.11 Å². The first-order valence-electron chi connectivity index (χ1n) is 8.07. The largest absolute Gasteiger partial charge is 0.396 e. The zero-order valence-electron chi connectivity index (χ0n) is 13.3. The summed E-state index contributed by atoms with van der Waals surface area (Å²) in [5.74, 6) is 1.94. The molecule has 3 aliphatic rings. The molecule has 0 aromatic heterocycles. The Morgan fingerprint density at radius 3 is 2.63 bits per heavy atom. The van der Waals surface area contributed by atoms with E-state index in [1.165, 1.54) is 25.7 Å². The Morgan fingerprint density at radius 1 is 1.32 bits per heavy atom. The maximum atomic E-state index is 9.63. The lowest BCUT2D eigenvalue weighted by Gasteiger charge is -2.56. The smallest absolute Gasteiger partial charge is 0.0493 e. The second-order valence-electron chi connectivity index (χ2n) is 8.73. The van der Waals surface area contributed by atoms with E-state index in [4.69, 9.17) is 0 Å². The second kappa shape index (κ2) is 3.87. The zero-order chi connectivity index (χ0) is 14.1. The Hall–Kier alpha value is -0.300. The van der Waals surface area contributed by atoms with Gasteiger partial charge in [0.2, 0.25) is 0 Å². The SMILES string of the molecule is CC(CO)C1=CCC(C)(C)[C@@]23CC[C@@H](C2)C(C)(C)C13. The number of allylic oxidation sites excluding steroid dienone is 1. The second-order valence-corrected chi connectivity index (χ2v) is 8.73. The summed E-state index contributed by atoms with van der Waals surface area (Å²) in [7, 11) is 0. The molecule has 1 spiro atoms. The van der Waals surface area contributed by atoms with E-state index in [0.717, 1.165) is 5.92 Å². The fraction of sp³-hybridized carbons (Fsp3) is 0.889. The molecule has 0 aromatic rings. The van der Waals surface area contributed by atoms with Gasteiger partial charge in [0, 0.05) is 12.5 Å². The van der Waals surface area contributed by atoms with Gasteiger partial charge in [0.15, 0.2) is 0 Å². The van der Waals surface area contributed by atoms with Crippen molar-refractivity contribution in [1.29, 1.82) is 0 Å². The lowest BCUT2D eigenvalue weighted by Crippen LogP contribution is -2.49. The van der Waals surface area contributed by atoms with Gasteiger partial charge >= 0.3 is 0 Å². The summed E-state index contributed by atoms with van der Waals surface area (Å²) >= 11 is 0. The van der Waals surface area contributed by atoms with Crippen molar-refractivity contribution in [2.45, 2.75) is 60.3 Å². The summed E-state index contributed by atoms with van der Waals surface area (Å²) in [6.07, 6.45) is 7.94. The Balaban J connectivity index is 2.12. The maximum Gasteiger partial charge on any atom is 0.0493 e. The first-order valence-corrected chi connectivity index (χ1v) is 8.07. The van der Waals surface area contributed by atoms with Crippen LogP contribution < -0.4 is 0 Å². The van der Waals surface area contributed by atoms with E-state index in [1.54, 1.807) is 5.57 Å². The van der Waals surface area contributed by atoms with Crippen LogP contribution in [0.1, 0.15) is 60.3 Å². The van der Waals surface area contributed by atoms with Crippen LogP contribution in [0.2, 0.25) is 0 Å². The number of aliphatic hydroxyl groups excluding tert-OH is 1. The molecule has 1 N–H and O–H groups in total. The normalized spacial score (nSPS) is 43.8. The molecule has 0 aliphatic heterocycles. The standard InChI is InChI=1S/C18H30O/c1-12(11-19)14-7-8-16(2,3)18-9-6-13(10-18)17(4,5)15(14)18/h7,12-13,15,19H,6,8-11H2,1-5H3/t12?,13-,15?,18-/m0/s1. The van der Waals surface area contributed by atoms with E-state index in [0.29, 0.717) is 34.7 Å². The molecule has 108 valence electrons. The van der Waals surface area contributed by atoms with Gasteiger partial charge in [-0.25, -0.2) is 0 Å². The molecule has 2 bridgehead atoms. The predicted octanol–water partition coefficient (Wildman–Crippen LogP) is 4.41. The molecule has 0 amide bonds. The van der Waals surface area contributed by atoms with Crippen LogP contribution in [0.25, 0.3) is 0 Å². The number of aliphatic hydroxyl groups is 1. The average Bonchev–Trinajstić information content (AvgIpc) is 2.86. The average molecular weight is 262 g/mol. The van der Waals surface area contributed by atoms with E-state index in [1.807, 2.05) is 0 Å². The number of hydrogen-bond donors (Lipinski definition) is 1.